The first kappa shape index (κ1) is 17.1. The molecule has 1 fully saturated rings. The van der Waals surface area contributed by atoms with Crippen molar-refractivity contribution in [2.45, 2.75) is 12.8 Å². The second kappa shape index (κ2) is 7.44. The smallest absolute Gasteiger partial charge is 0.224 e. The lowest BCUT2D eigenvalue weighted by molar-refractivity contribution is 0.418. The lowest BCUT2D eigenvalue weighted by atomic mass is 9.97. The monoisotopic (exact) mass is 369 g/mol. The minimum Gasteiger partial charge on any atom is -0.384 e. The Morgan fingerprint density at radius 2 is 2.00 bits per heavy atom. The molecule has 130 valence electrons. The maximum Gasteiger partial charge on any atom is 0.224 e. The van der Waals surface area contributed by atoms with Gasteiger partial charge in [0.25, 0.3) is 0 Å². The summed E-state index contributed by atoms with van der Waals surface area (Å²) in [5.74, 6) is 2.26. The summed E-state index contributed by atoms with van der Waals surface area (Å²) in [5, 5.41) is 7.24. The molecule has 1 saturated heterocycles. The van der Waals surface area contributed by atoms with Gasteiger partial charge in [-0.1, -0.05) is 11.6 Å². The predicted octanol–water partition coefficient (Wildman–Crippen LogP) is 2.89. The van der Waals surface area contributed by atoms with Gasteiger partial charge in [-0.3, -0.25) is 0 Å². The van der Waals surface area contributed by atoms with Crippen molar-refractivity contribution in [1.82, 2.24) is 19.5 Å². The van der Waals surface area contributed by atoms with Gasteiger partial charge in [-0.2, -0.15) is 4.98 Å². The van der Waals surface area contributed by atoms with Gasteiger partial charge < -0.3 is 20.1 Å². The zero-order valence-corrected chi connectivity index (χ0v) is 15.3. The van der Waals surface area contributed by atoms with Crippen LogP contribution < -0.4 is 15.5 Å². The normalized spacial score (nSPS) is 15.6. The van der Waals surface area contributed by atoms with Crippen molar-refractivity contribution in [3.8, 4) is 0 Å². The largest absolute Gasteiger partial charge is 0.384 e. The Morgan fingerprint density at radius 1 is 1.25 bits per heavy atom. The average molecular weight is 370 g/mol. The van der Waals surface area contributed by atoms with Crippen LogP contribution in [0.3, 0.4) is 0 Å². The molecule has 0 bridgehead atoms. The third-order valence-electron chi connectivity index (χ3n) is 4.31. The Morgan fingerprint density at radius 3 is 2.62 bits per heavy atom. The first-order valence-corrected chi connectivity index (χ1v) is 8.70. The van der Waals surface area contributed by atoms with E-state index in [1.807, 2.05) is 24.9 Å². The van der Waals surface area contributed by atoms with E-state index in [4.69, 9.17) is 23.2 Å². The van der Waals surface area contributed by atoms with Crippen LogP contribution >= 0.6 is 23.2 Å². The van der Waals surface area contributed by atoms with Gasteiger partial charge in [0.2, 0.25) is 11.2 Å². The fourth-order valence-corrected chi connectivity index (χ4v) is 3.33. The zero-order chi connectivity index (χ0) is 17.1. The first-order valence-electron chi connectivity index (χ1n) is 7.94. The van der Waals surface area contributed by atoms with Crippen LogP contribution in [0.1, 0.15) is 12.8 Å². The Bertz CT molecular complexity index is 695. The van der Waals surface area contributed by atoms with Crippen molar-refractivity contribution in [2.75, 3.05) is 42.2 Å². The molecular weight excluding hydrogens is 349 g/mol. The highest BCUT2D eigenvalue weighted by molar-refractivity contribution is 6.29. The van der Waals surface area contributed by atoms with Crippen LogP contribution in [-0.4, -0.2) is 46.2 Å². The van der Waals surface area contributed by atoms with Crippen molar-refractivity contribution in [3.63, 3.8) is 0 Å². The van der Waals surface area contributed by atoms with Crippen LogP contribution in [0.4, 0.5) is 17.5 Å². The molecule has 0 aliphatic carbocycles. The van der Waals surface area contributed by atoms with E-state index < -0.39 is 0 Å². The Labute approximate surface area is 151 Å². The fourth-order valence-electron chi connectivity index (χ4n) is 2.97. The summed E-state index contributed by atoms with van der Waals surface area (Å²) in [5.41, 5.74) is 0.847. The predicted molar refractivity (Wildman–Crippen MR) is 98.2 cm³/mol. The highest BCUT2D eigenvalue weighted by Gasteiger charge is 2.22. The number of hydrogen-bond acceptors (Lipinski definition) is 6. The standard InChI is InChI=1S/C15H21Cl2N7/c1-18-11-8-20-14(17)22-13(11)19-7-10-3-5-24(6-4-10)15-21-12(16)9-23(15)2/h8-10,18H,3-7H2,1-2H3,(H,19,20,22). The van der Waals surface area contributed by atoms with Crippen molar-refractivity contribution < 1.29 is 0 Å². The van der Waals surface area contributed by atoms with Gasteiger partial charge in [0.05, 0.1) is 11.9 Å². The third-order valence-corrected chi connectivity index (χ3v) is 4.67. The van der Waals surface area contributed by atoms with E-state index in [9.17, 15) is 0 Å². The number of imidazole rings is 1. The molecule has 3 heterocycles. The summed E-state index contributed by atoms with van der Waals surface area (Å²) < 4.78 is 1.98. The molecule has 0 atom stereocenters. The van der Waals surface area contributed by atoms with Crippen molar-refractivity contribution in [1.29, 1.82) is 0 Å². The molecule has 2 aromatic heterocycles. The minimum atomic E-state index is 0.248. The van der Waals surface area contributed by atoms with Crippen LogP contribution in [0.5, 0.6) is 0 Å². The van der Waals surface area contributed by atoms with Gasteiger partial charge in [-0.25, -0.2) is 9.97 Å². The fraction of sp³-hybridized carbons (Fsp3) is 0.533. The van der Waals surface area contributed by atoms with Gasteiger partial charge in [-0.15, -0.1) is 0 Å². The van der Waals surface area contributed by atoms with Crippen LogP contribution in [0.2, 0.25) is 10.4 Å². The second-order valence-electron chi connectivity index (χ2n) is 5.94. The zero-order valence-electron chi connectivity index (χ0n) is 13.8. The number of halogens is 2. The van der Waals surface area contributed by atoms with E-state index in [-0.39, 0.29) is 5.28 Å². The van der Waals surface area contributed by atoms with E-state index >= 15 is 0 Å². The summed E-state index contributed by atoms with van der Waals surface area (Å²) in [6.45, 7) is 2.80. The van der Waals surface area contributed by atoms with E-state index in [1.165, 1.54) is 0 Å². The van der Waals surface area contributed by atoms with E-state index in [0.717, 1.165) is 49.9 Å². The molecule has 9 heteroatoms. The van der Waals surface area contributed by atoms with Crippen molar-refractivity contribution in [2.24, 2.45) is 13.0 Å². The summed E-state index contributed by atoms with van der Waals surface area (Å²) in [4.78, 5) is 14.9. The lowest BCUT2D eigenvalue weighted by Crippen LogP contribution is -2.37. The molecule has 1 aliphatic rings. The molecule has 2 N–H and O–H groups in total. The summed E-state index contributed by atoms with van der Waals surface area (Å²) >= 11 is 11.9. The van der Waals surface area contributed by atoms with E-state index in [0.29, 0.717) is 11.1 Å². The quantitative estimate of drug-likeness (QED) is 0.789. The van der Waals surface area contributed by atoms with Gasteiger partial charge in [0.1, 0.15) is 5.15 Å². The molecule has 0 saturated carbocycles. The molecule has 24 heavy (non-hydrogen) atoms. The highest BCUT2D eigenvalue weighted by Crippen LogP contribution is 2.25. The number of nitrogens with one attached hydrogen (secondary N) is 2. The average Bonchev–Trinajstić information content (AvgIpc) is 2.92. The molecule has 2 aromatic rings. The Balaban J connectivity index is 1.54. The summed E-state index contributed by atoms with van der Waals surface area (Å²) in [7, 11) is 3.81. The number of anilines is 3. The van der Waals surface area contributed by atoms with Crippen LogP contribution in [-0.2, 0) is 7.05 Å². The third kappa shape index (κ3) is 3.84. The number of aryl methyl sites for hydroxylation is 1. The van der Waals surface area contributed by atoms with Crippen LogP contribution in [0.15, 0.2) is 12.4 Å². The lowest BCUT2D eigenvalue weighted by Gasteiger charge is -2.32. The molecule has 0 radical (unpaired) electrons. The molecule has 1 aliphatic heterocycles. The SMILES string of the molecule is CNc1cnc(Cl)nc1NCC1CCN(c2nc(Cl)cn2C)CC1. The topological polar surface area (TPSA) is 70.9 Å². The van der Waals surface area contributed by atoms with Gasteiger partial charge in [0, 0.05) is 39.9 Å². The second-order valence-corrected chi connectivity index (χ2v) is 6.66. The number of piperidine rings is 1. The molecule has 0 unspecified atom stereocenters. The van der Waals surface area contributed by atoms with Crippen LogP contribution in [0.25, 0.3) is 0 Å². The number of hydrogen-bond donors (Lipinski definition) is 2. The molecule has 0 amide bonds. The molecular formula is C15H21Cl2N7. The highest BCUT2D eigenvalue weighted by atomic mass is 35.5. The molecule has 0 aromatic carbocycles. The minimum absolute atomic E-state index is 0.248. The summed E-state index contributed by atoms with van der Waals surface area (Å²) in [6.07, 6.45) is 5.70. The molecule has 0 spiro atoms. The van der Waals surface area contributed by atoms with Gasteiger partial charge in [0.15, 0.2) is 5.82 Å². The summed E-state index contributed by atoms with van der Waals surface area (Å²) in [6, 6.07) is 0. The van der Waals surface area contributed by atoms with Crippen molar-refractivity contribution in [3.05, 3.63) is 22.8 Å². The Hall–Kier alpha value is -1.73. The maximum atomic E-state index is 5.98. The van der Waals surface area contributed by atoms with E-state index in [1.54, 1.807) is 6.20 Å². The number of nitrogens with zero attached hydrogens (tertiary/aromatic N) is 5. The van der Waals surface area contributed by atoms with E-state index in [2.05, 4.69) is 30.5 Å². The maximum absolute atomic E-state index is 5.98. The number of aromatic nitrogens is 4. The molecule has 7 nitrogen and oxygen atoms in total. The van der Waals surface area contributed by atoms with Crippen LogP contribution in [0, 0.1) is 5.92 Å². The first-order chi connectivity index (χ1) is 11.6. The Kier molecular flexibility index (Phi) is 5.30. The van der Waals surface area contributed by atoms with Gasteiger partial charge >= 0.3 is 0 Å². The van der Waals surface area contributed by atoms with Crippen molar-refractivity contribution >= 4 is 40.7 Å². The number of rotatable bonds is 5. The van der Waals surface area contributed by atoms with Gasteiger partial charge in [-0.05, 0) is 30.4 Å². The molecule has 3 rings (SSSR count).